The third-order valence-electron chi connectivity index (χ3n) is 2.66. The van der Waals surface area contributed by atoms with Crippen LogP contribution >= 0.6 is 0 Å². The van der Waals surface area contributed by atoms with E-state index in [0.717, 1.165) is 5.56 Å². The molecule has 0 spiro atoms. The van der Waals surface area contributed by atoms with Crippen LogP contribution in [0.15, 0.2) is 12.3 Å². The van der Waals surface area contributed by atoms with Crippen LogP contribution in [0, 0.1) is 0 Å². The number of rotatable bonds is 1. The normalized spacial score (nSPS) is 17.1. The second-order valence-electron chi connectivity index (χ2n) is 4.24. The highest BCUT2D eigenvalue weighted by atomic mass is 19.3. The van der Waals surface area contributed by atoms with Crippen molar-refractivity contribution in [1.29, 1.82) is 0 Å². The lowest BCUT2D eigenvalue weighted by Crippen LogP contribution is -2.37. The summed E-state index contributed by atoms with van der Waals surface area (Å²) >= 11 is 0. The van der Waals surface area contributed by atoms with Crippen molar-refractivity contribution < 1.29 is 8.78 Å². The molecule has 0 fully saturated rings. The highest BCUT2D eigenvalue weighted by Gasteiger charge is 2.38. The van der Waals surface area contributed by atoms with Crippen LogP contribution in [0.1, 0.15) is 50.4 Å². The molecule has 1 aliphatic rings. The van der Waals surface area contributed by atoms with Gasteiger partial charge < -0.3 is 5.32 Å². The zero-order chi connectivity index (χ0) is 13.1. The number of pyridine rings is 1. The van der Waals surface area contributed by atoms with Crippen molar-refractivity contribution in [2.45, 2.75) is 46.1 Å². The van der Waals surface area contributed by atoms with E-state index in [9.17, 15) is 8.78 Å². The lowest BCUT2D eigenvalue weighted by molar-refractivity contribution is -0.0155. The summed E-state index contributed by atoms with van der Waals surface area (Å²) in [6, 6.07) is 1.83. The zero-order valence-electron chi connectivity index (χ0n) is 10.8. The quantitative estimate of drug-likeness (QED) is 0.816. The molecular formula is C13H20F2N2. The number of nitrogens with one attached hydrogen (secondary N) is 1. The summed E-state index contributed by atoms with van der Waals surface area (Å²) in [5.41, 5.74) is 1.57. The van der Waals surface area contributed by atoms with Gasteiger partial charge in [-0.2, -0.15) is 8.78 Å². The maximum atomic E-state index is 13.4. The van der Waals surface area contributed by atoms with Crippen LogP contribution in [0.4, 0.5) is 8.78 Å². The molecule has 0 radical (unpaired) electrons. The minimum atomic E-state index is -2.83. The summed E-state index contributed by atoms with van der Waals surface area (Å²) in [5.74, 6) is -2.51. The van der Waals surface area contributed by atoms with Gasteiger partial charge in [0.1, 0.15) is 5.69 Å². The van der Waals surface area contributed by atoms with E-state index < -0.39 is 5.92 Å². The fourth-order valence-electron chi connectivity index (χ4n) is 1.75. The van der Waals surface area contributed by atoms with Crippen LogP contribution in [0.3, 0.4) is 0 Å². The summed E-state index contributed by atoms with van der Waals surface area (Å²) in [7, 11) is 0. The Kier molecular flexibility index (Phi) is 4.57. The van der Waals surface area contributed by atoms with Gasteiger partial charge in [0.2, 0.25) is 0 Å². The average molecular weight is 242 g/mol. The third kappa shape index (κ3) is 3.00. The molecule has 0 aromatic carbocycles. The summed E-state index contributed by atoms with van der Waals surface area (Å²) in [5, 5.41) is 2.71. The van der Waals surface area contributed by atoms with Crippen LogP contribution in [-0.2, 0) is 12.5 Å². The SMILES string of the molecule is CC.CC(C)c1cnc2c(c1)CNCC2(F)F. The van der Waals surface area contributed by atoms with Crippen molar-refractivity contribution in [3.8, 4) is 0 Å². The number of hydrogen-bond acceptors (Lipinski definition) is 2. The molecule has 4 heteroatoms. The predicted molar refractivity (Wildman–Crippen MR) is 65.3 cm³/mol. The Balaban J connectivity index is 0.000000686. The van der Waals surface area contributed by atoms with Gasteiger partial charge in [-0.25, -0.2) is 0 Å². The van der Waals surface area contributed by atoms with E-state index in [0.29, 0.717) is 18.0 Å². The molecule has 1 aliphatic heterocycles. The van der Waals surface area contributed by atoms with Gasteiger partial charge in [-0.15, -0.1) is 0 Å². The molecule has 0 aliphatic carbocycles. The van der Waals surface area contributed by atoms with Gasteiger partial charge in [0.15, 0.2) is 0 Å². The van der Waals surface area contributed by atoms with Gasteiger partial charge in [0.25, 0.3) is 0 Å². The molecule has 1 aromatic rings. The second kappa shape index (κ2) is 5.54. The van der Waals surface area contributed by atoms with Gasteiger partial charge in [-0.3, -0.25) is 4.98 Å². The van der Waals surface area contributed by atoms with E-state index in [2.05, 4.69) is 10.3 Å². The number of hydrogen-bond donors (Lipinski definition) is 1. The van der Waals surface area contributed by atoms with Crippen molar-refractivity contribution in [2.75, 3.05) is 6.54 Å². The molecule has 96 valence electrons. The second-order valence-corrected chi connectivity index (χ2v) is 4.24. The van der Waals surface area contributed by atoms with Crippen LogP contribution in [0.2, 0.25) is 0 Å². The first-order valence-electron chi connectivity index (χ1n) is 6.08. The van der Waals surface area contributed by atoms with Crippen molar-refractivity contribution in [3.63, 3.8) is 0 Å². The molecule has 2 nitrogen and oxygen atoms in total. The average Bonchev–Trinajstić information content (AvgIpc) is 2.30. The van der Waals surface area contributed by atoms with Crippen LogP contribution in [0.5, 0.6) is 0 Å². The standard InChI is InChI=1S/C11H14F2N2.C2H6/c1-7(2)8-3-9-4-14-6-11(12,13)10(9)15-5-8;1-2/h3,5,7,14H,4,6H2,1-2H3;1-2H3. The van der Waals surface area contributed by atoms with E-state index in [4.69, 9.17) is 0 Å². The Labute approximate surface area is 101 Å². The lowest BCUT2D eigenvalue weighted by Gasteiger charge is -2.25. The third-order valence-corrected chi connectivity index (χ3v) is 2.66. The van der Waals surface area contributed by atoms with Crippen molar-refractivity contribution >= 4 is 0 Å². The molecule has 1 N–H and O–H groups in total. The first-order valence-corrected chi connectivity index (χ1v) is 6.08. The van der Waals surface area contributed by atoms with Gasteiger partial charge in [0, 0.05) is 12.7 Å². The van der Waals surface area contributed by atoms with Gasteiger partial charge in [-0.05, 0) is 17.0 Å². The minimum Gasteiger partial charge on any atom is -0.307 e. The number of alkyl halides is 2. The smallest absolute Gasteiger partial charge is 0.302 e. The molecule has 0 bridgehead atoms. The highest BCUT2D eigenvalue weighted by Crippen LogP contribution is 2.32. The van der Waals surface area contributed by atoms with Crippen molar-refractivity contribution in [2.24, 2.45) is 0 Å². The summed E-state index contributed by atoms with van der Waals surface area (Å²) < 4.78 is 26.8. The Morgan fingerprint density at radius 1 is 1.35 bits per heavy atom. The number of fused-ring (bicyclic) bond motifs is 1. The molecule has 0 unspecified atom stereocenters. The molecular weight excluding hydrogens is 222 g/mol. The first kappa shape index (κ1) is 14.0. The van der Waals surface area contributed by atoms with Crippen LogP contribution in [0.25, 0.3) is 0 Å². The predicted octanol–water partition coefficient (Wildman–Crippen LogP) is 3.43. The van der Waals surface area contributed by atoms with E-state index in [1.165, 1.54) is 0 Å². The van der Waals surface area contributed by atoms with E-state index in [1.807, 2.05) is 33.8 Å². The van der Waals surface area contributed by atoms with E-state index in [1.54, 1.807) is 6.20 Å². The number of halogens is 2. The summed E-state index contributed by atoms with van der Waals surface area (Å²) in [6.07, 6.45) is 1.56. The van der Waals surface area contributed by atoms with Crippen molar-refractivity contribution in [1.82, 2.24) is 10.3 Å². The Bertz CT molecular complexity index is 376. The molecule has 0 atom stereocenters. The molecule has 0 amide bonds. The maximum Gasteiger partial charge on any atom is 0.302 e. The molecule has 2 heterocycles. The van der Waals surface area contributed by atoms with Gasteiger partial charge in [0.05, 0.1) is 6.54 Å². The van der Waals surface area contributed by atoms with E-state index in [-0.39, 0.29) is 12.2 Å². The molecule has 2 rings (SSSR count). The first-order chi connectivity index (χ1) is 8.00. The minimum absolute atomic E-state index is 0.0642. The maximum absolute atomic E-state index is 13.4. The Morgan fingerprint density at radius 3 is 2.59 bits per heavy atom. The van der Waals surface area contributed by atoms with Crippen LogP contribution < -0.4 is 5.32 Å². The number of aromatic nitrogens is 1. The lowest BCUT2D eigenvalue weighted by atomic mass is 9.98. The van der Waals surface area contributed by atoms with Gasteiger partial charge >= 0.3 is 5.92 Å². The monoisotopic (exact) mass is 242 g/mol. The van der Waals surface area contributed by atoms with E-state index >= 15 is 0 Å². The topological polar surface area (TPSA) is 24.9 Å². The zero-order valence-corrected chi connectivity index (χ0v) is 10.8. The summed E-state index contributed by atoms with van der Waals surface area (Å²) in [6.45, 7) is 8.22. The molecule has 17 heavy (non-hydrogen) atoms. The van der Waals surface area contributed by atoms with Crippen molar-refractivity contribution in [3.05, 3.63) is 29.1 Å². The molecule has 0 saturated carbocycles. The number of nitrogens with zero attached hydrogens (tertiary/aromatic N) is 1. The fourth-order valence-corrected chi connectivity index (χ4v) is 1.75. The summed E-state index contributed by atoms with van der Waals surface area (Å²) in [4.78, 5) is 3.90. The van der Waals surface area contributed by atoms with Gasteiger partial charge in [-0.1, -0.05) is 33.8 Å². The highest BCUT2D eigenvalue weighted by molar-refractivity contribution is 5.31. The molecule has 0 saturated heterocycles. The molecule has 1 aromatic heterocycles. The van der Waals surface area contributed by atoms with Crippen LogP contribution in [-0.4, -0.2) is 11.5 Å². The fraction of sp³-hybridized carbons (Fsp3) is 0.615. The Morgan fingerprint density at radius 2 is 2.00 bits per heavy atom. The Hall–Kier alpha value is -1.03. The largest absolute Gasteiger partial charge is 0.307 e.